The van der Waals surface area contributed by atoms with Crippen LogP contribution in [0.25, 0.3) is 0 Å². The van der Waals surface area contributed by atoms with Crippen molar-refractivity contribution in [1.29, 1.82) is 5.26 Å². The minimum Gasteiger partial charge on any atom is -0.290 e. The molecule has 0 aliphatic rings. The number of benzene rings is 1. The maximum Gasteiger partial charge on any atom is 0.401 e. The zero-order valence-electron chi connectivity index (χ0n) is 8.35. The van der Waals surface area contributed by atoms with E-state index in [0.29, 0.717) is 0 Å². The number of alkyl halides is 3. The summed E-state index contributed by atoms with van der Waals surface area (Å²) in [6.45, 7) is -1.28. The fourth-order valence-electron chi connectivity index (χ4n) is 1.22. The summed E-state index contributed by atoms with van der Waals surface area (Å²) in [6.07, 6.45) is -4.40. The van der Waals surface area contributed by atoms with Gasteiger partial charge in [-0.3, -0.25) is 5.32 Å². The molecule has 0 saturated carbocycles. The minimum absolute atomic E-state index is 0.152. The van der Waals surface area contributed by atoms with Crippen LogP contribution in [0.2, 0.25) is 10.0 Å². The molecule has 1 N–H and O–H groups in total. The molecule has 0 aliphatic carbocycles. The standard InChI is InChI=1S/C10H7Cl2F3N2/c11-6-2-1-3-7(12)9(6)8(4-16)17-5-10(13,14)15/h1-3,8,17H,5H2. The second kappa shape index (κ2) is 5.58. The molecule has 0 spiro atoms. The van der Waals surface area contributed by atoms with Crippen LogP contribution in [0.3, 0.4) is 0 Å². The monoisotopic (exact) mass is 282 g/mol. The number of rotatable bonds is 3. The topological polar surface area (TPSA) is 35.8 Å². The number of nitriles is 1. The first-order valence-electron chi connectivity index (χ1n) is 4.49. The van der Waals surface area contributed by atoms with Gasteiger partial charge in [-0.05, 0) is 12.1 Å². The van der Waals surface area contributed by atoms with Crippen LogP contribution in [0, 0.1) is 11.3 Å². The van der Waals surface area contributed by atoms with E-state index < -0.39 is 18.8 Å². The summed E-state index contributed by atoms with van der Waals surface area (Å²) in [7, 11) is 0. The van der Waals surface area contributed by atoms with Gasteiger partial charge in [0.2, 0.25) is 0 Å². The average molecular weight is 283 g/mol. The lowest BCUT2D eigenvalue weighted by atomic mass is 10.1. The summed E-state index contributed by atoms with van der Waals surface area (Å²) in [5.41, 5.74) is 0.155. The number of hydrogen-bond donors (Lipinski definition) is 1. The Morgan fingerprint density at radius 1 is 1.29 bits per heavy atom. The molecule has 17 heavy (non-hydrogen) atoms. The van der Waals surface area contributed by atoms with Gasteiger partial charge in [0.05, 0.1) is 12.6 Å². The Labute approximate surface area is 106 Å². The molecule has 0 radical (unpaired) electrons. The van der Waals surface area contributed by atoms with Gasteiger partial charge in [0, 0.05) is 15.6 Å². The molecule has 1 aromatic rings. The van der Waals surface area contributed by atoms with E-state index >= 15 is 0 Å². The van der Waals surface area contributed by atoms with Crippen molar-refractivity contribution >= 4 is 23.2 Å². The molecule has 7 heteroatoms. The lowest BCUT2D eigenvalue weighted by molar-refractivity contribution is -0.125. The summed E-state index contributed by atoms with van der Waals surface area (Å²) in [5, 5.41) is 11.2. The number of hydrogen-bond acceptors (Lipinski definition) is 2. The van der Waals surface area contributed by atoms with Crippen LogP contribution in [-0.4, -0.2) is 12.7 Å². The van der Waals surface area contributed by atoms with Crippen molar-refractivity contribution in [2.75, 3.05) is 6.54 Å². The van der Waals surface area contributed by atoms with E-state index in [1.165, 1.54) is 12.1 Å². The van der Waals surface area contributed by atoms with Crippen LogP contribution in [-0.2, 0) is 0 Å². The molecule has 0 bridgehead atoms. The van der Waals surface area contributed by atoms with E-state index in [9.17, 15) is 13.2 Å². The first-order chi connectivity index (χ1) is 7.85. The quantitative estimate of drug-likeness (QED) is 0.917. The molecule has 0 saturated heterocycles. The van der Waals surface area contributed by atoms with Crippen LogP contribution in [0.5, 0.6) is 0 Å². The molecule has 1 atom stereocenters. The van der Waals surface area contributed by atoms with E-state index in [2.05, 4.69) is 5.32 Å². The van der Waals surface area contributed by atoms with Crippen LogP contribution in [0.15, 0.2) is 18.2 Å². The Bertz CT molecular complexity index is 420. The molecule has 0 fully saturated rings. The molecule has 1 rings (SSSR count). The van der Waals surface area contributed by atoms with Gasteiger partial charge in [-0.15, -0.1) is 0 Å². The van der Waals surface area contributed by atoms with E-state index in [0.717, 1.165) is 0 Å². The van der Waals surface area contributed by atoms with Crippen molar-refractivity contribution in [3.63, 3.8) is 0 Å². The molecule has 2 nitrogen and oxygen atoms in total. The highest BCUT2D eigenvalue weighted by molar-refractivity contribution is 6.36. The van der Waals surface area contributed by atoms with Crippen LogP contribution in [0.1, 0.15) is 11.6 Å². The normalized spacial score (nSPS) is 13.2. The Balaban J connectivity index is 2.92. The Kier molecular flexibility index (Phi) is 4.63. The number of nitrogens with one attached hydrogen (secondary N) is 1. The van der Waals surface area contributed by atoms with Gasteiger partial charge in [0.15, 0.2) is 0 Å². The lowest BCUT2D eigenvalue weighted by Crippen LogP contribution is -2.31. The smallest absolute Gasteiger partial charge is 0.290 e. The summed E-state index contributed by atoms with van der Waals surface area (Å²) in [5.74, 6) is 0. The minimum atomic E-state index is -4.40. The highest BCUT2D eigenvalue weighted by Crippen LogP contribution is 2.30. The van der Waals surface area contributed by atoms with Crippen molar-refractivity contribution in [3.8, 4) is 6.07 Å². The average Bonchev–Trinajstić information content (AvgIpc) is 2.21. The Hall–Kier alpha value is -0.960. The highest BCUT2D eigenvalue weighted by Gasteiger charge is 2.29. The maximum absolute atomic E-state index is 12.0. The summed E-state index contributed by atoms with van der Waals surface area (Å²) < 4.78 is 36.1. The van der Waals surface area contributed by atoms with Gasteiger partial charge in [-0.25, -0.2) is 0 Å². The lowest BCUT2D eigenvalue weighted by Gasteiger charge is -2.16. The summed E-state index contributed by atoms with van der Waals surface area (Å²) >= 11 is 11.6. The fourth-order valence-corrected chi connectivity index (χ4v) is 1.83. The maximum atomic E-state index is 12.0. The molecule has 1 unspecified atom stereocenters. The molecule has 0 amide bonds. The van der Waals surface area contributed by atoms with E-state index in [-0.39, 0.29) is 15.6 Å². The van der Waals surface area contributed by atoms with E-state index in [1.807, 2.05) is 0 Å². The van der Waals surface area contributed by atoms with Gasteiger partial charge in [0.1, 0.15) is 6.04 Å². The van der Waals surface area contributed by atoms with Gasteiger partial charge in [-0.1, -0.05) is 29.3 Å². The van der Waals surface area contributed by atoms with Crippen molar-refractivity contribution in [2.24, 2.45) is 0 Å². The van der Waals surface area contributed by atoms with Crippen LogP contribution >= 0.6 is 23.2 Å². The third-order valence-electron chi connectivity index (χ3n) is 1.92. The molecular weight excluding hydrogens is 276 g/mol. The number of nitrogens with zero attached hydrogens (tertiary/aromatic N) is 1. The fraction of sp³-hybridized carbons (Fsp3) is 0.300. The molecule has 0 aliphatic heterocycles. The highest BCUT2D eigenvalue weighted by atomic mass is 35.5. The van der Waals surface area contributed by atoms with Crippen molar-refractivity contribution in [1.82, 2.24) is 5.32 Å². The van der Waals surface area contributed by atoms with Crippen molar-refractivity contribution in [2.45, 2.75) is 12.2 Å². The second-order valence-corrected chi connectivity index (χ2v) is 4.01. The van der Waals surface area contributed by atoms with Gasteiger partial charge < -0.3 is 0 Å². The van der Waals surface area contributed by atoms with Gasteiger partial charge in [-0.2, -0.15) is 18.4 Å². The van der Waals surface area contributed by atoms with Gasteiger partial charge in [0.25, 0.3) is 0 Å². The first-order valence-corrected chi connectivity index (χ1v) is 5.24. The van der Waals surface area contributed by atoms with E-state index in [4.69, 9.17) is 28.5 Å². The zero-order chi connectivity index (χ0) is 13.1. The molecule has 1 aromatic carbocycles. The zero-order valence-corrected chi connectivity index (χ0v) is 9.87. The van der Waals surface area contributed by atoms with Crippen molar-refractivity contribution < 1.29 is 13.2 Å². The van der Waals surface area contributed by atoms with Crippen molar-refractivity contribution in [3.05, 3.63) is 33.8 Å². The molecule has 92 valence electrons. The predicted molar refractivity (Wildman–Crippen MR) is 58.9 cm³/mol. The van der Waals surface area contributed by atoms with E-state index in [1.54, 1.807) is 12.1 Å². The van der Waals surface area contributed by atoms with Crippen LogP contribution in [0.4, 0.5) is 13.2 Å². The number of halogens is 5. The Morgan fingerprint density at radius 2 is 1.82 bits per heavy atom. The molecular formula is C10H7Cl2F3N2. The van der Waals surface area contributed by atoms with Gasteiger partial charge >= 0.3 is 6.18 Å². The summed E-state index contributed by atoms with van der Waals surface area (Å²) in [6, 6.07) is 4.97. The molecule has 0 heterocycles. The largest absolute Gasteiger partial charge is 0.401 e. The Morgan fingerprint density at radius 3 is 2.24 bits per heavy atom. The van der Waals surface area contributed by atoms with Crippen LogP contribution < -0.4 is 5.32 Å². The SMILES string of the molecule is N#CC(NCC(F)(F)F)c1c(Cl)cccc1Cl. The third kappa shape index (κ3) is 4.08. The third-order valence-corrected chi connectivity index (χ3v) is 2.58. The second-order valence-electron chi connectivity index (χ2n) is 3.19. The first kappa shape index (κ1) is 14.1. The summed E-state index contributed by atoms with van der Waals surface area (Å²) in [4.78, 5) is 0. The predicted octanol–water partition coefficient (Wildman–Crippen LogP) is 3.71. The molecule has 0 aromatic heterocycles.